The summed E-state index contributed by atoms with van der Waals surface area (Å²) in [6, 6.07) is 2.04. The molecular weight excluding hydrogens is 199 g/mol. The number of aromatic carboxylic acids is 1. The minimum Gasteiger partial charge on any atom is -0.545 e. The molecule has 0 aliphatic heterocycles. The molecule has 0 heterocycles. The third-order valence-corrected chi connectivity index (χ3v) is 1.52. The van der Waals surface area contributed by atoms with E-state index in [0.29, 0.717) is 12.1 Å². The summed E-state index contributed by atoms with van der Waals surface area (Å²) in [6.45, 7) is 0. The molecule has 0 unspecified atom stereocenters. The summed E-state index contributed by atoms with van der Waals surface area (Å²) < 4.78 is 36.4. The fourth-order valence-corrected chi connectivity index (χ4v) is 0.933. The molecule has 0 bridgehead atoms. The molecule has 1 aromatic carbocycles. The van der Waals surface area contributed by atoms with Gasteiger partial charge in [-0.3, -0.25) is 0 Å². The van der Waals surface area contributed by atoms with E-state index in [4.69, 9.17) is 5.73 Å². The van der Waals surface area contributed by atoms with Crippen LogP contribution in [0.3, 0.4) is 0 Å². The molecule has 0 aromatic heterocycles. The van der Waals surface area contributed by atoms with Crippen molar-refractivity contribution < 1.29 is 23.1 Å². The van der Waals surface area contributed by atoms with E-state index in [9.17, 15) is 23.1 Å². The first-order chi connectivity index (χ1) is 6.30. The van der Waals surface area contributed by atoms with Gasteiger partial charge in [-0.2, -0.15) is 13.2 Å². The second-order valence-electron chi connectivity index (χ2n) is 2.63. The molecule has 14 heavy (non-hydrogen) atoms. The van der Waals surface area contributed by atoms with Gasteiger partial charge in [0.2, 0.25) is 0 Å². The van der Waals surface area contributed by atoms with Crippen molar-refractivity contribution in [2.75, 3.05) is 5.73 Å². The number of anilines is 1. The molecule has 2 N–H and O–H groups in total. The number of carbonyl (C=O) groups excluding carboxylic acids is 1. The van der Waals surface area contributed by atoms with Gasteiger partial charge in [0.05, 0.1) is 11.5 Å². The zero-order chi connectivity index (χ0) is 10.9. The lowest BCUT2D eigenvalue weighted by atomic mass is 10.1. The first kappa shape index (κ1) is 10.4. The number of halogens is 3. The van der Waals surface area contributed by atoms with E-state index in [1.807, 2.05) is 0 Å². The van der Waals surface area contributed by atoms with Crippen molar-refractivity contribution >= 4 is 11.7 Å². The summed E-state index contributed by atoms with van der Waals surface area (Å²) in [5.41, 5.74) is 3.15. The summed E-state index contributed by atoms with van der Waals surface area (Å²) in [7, 11) is 0. The smallest absolute Gasteiger partial charge is 0.416 e. The summed E-state index contributed by atoms with van der Waals surface area (Å²) in [4.78, 5) is 10.3. The Morgan fingerprint density at radius 2 is 1.86 bits per heavy atom. The number of nitrogen functional groups attached to an aromatic ring is 1. The third kappa shape index (κ3) is 2.15. The maximum absolute atomic E-state index is 12.1. The van der Waals surface area contributed by atoms with Gasteiger partial charge in [-0.05, 0) is 23.8 Å². The Kier molecular flexibility index (Phi) is 2.37. The van der Waals surface area contributed by atoms with Gasteiger partial charge in [0, 0.05) is 5.69 Å². The number of carbonyl (C=O) groups is 1. The van der Waals surface area contributed by atoms with E-state index in [1.54, 1.807) is 0 Å². The molecule has 0 radical (unpaired) electrons. The van der Waals surface area contributed by atoms with E-state index in [0.717, 1.165) is 6.07 Å². The SMILES string of the molecule is Nc1cc(C(=O)[O-])cc(C(F)(F)F)c1. The van der Waals surface area contributed by atoms with Crippen LogP contribution >= 0.6 is 0 Å². The predicted octanol–water partition coefficient (Wildman–Crippen LogP) is 0.651. The molecule has 0 saturated heterocycles. The van der Waals surface area contributed by atoms with E-state index >= 15 is 0 Å². The molecule has 0 aliphatic carbocycles. The average Bonchev–Trinajstić information content (AvgIpc) is 2.01. The number of carboxylic acid groups (broad SMARTS) is 1. The van der Waals surface area contributed by atoms with Crippen LogP contribution in [0, 0.1) is 0 Å². The van der Waals surface area contributed by atoms with Crippen molar-refractivity contribution in [1.29, 1.82) is 0 Å². The van der Waals surface area contributed by atoms with Crippen molar-refractivity contribution in [1.82, 2.24) is 0 Å². The summed E-state index contributed by atoms with van der Waals surface area (Å²) in [6.07, 6.45) is -4.61. The van der Waals surface area contributed by atoms with Crippen LogP contribution in [0.15, 0.2) is 18.2 Å². The van der Waals surface area contributed by atoms with Crippen molar-refractivity contribution in [2.24, 2.45) is 0 Å². The Morgan fingerprint density at radius 3 is 2.29 bits per heavy atom. The molecular formula is C8H5F3NO2-. The van der Waals surface area contributed by atoms with Crippen LogP contribution in [-0.4, -0.2) is 5.97 Å². The van der Waals surface area contributed by atoms with Crippen LogP contribution in [0.2, 0.25) is 0 Å². The third-order valence-electron chi connectivity index (χ3n) is 1.52. The van der Waals surface area contributed by atoms with Crippen LogP contribution in [0.1, 0.15) is 15.9 Å². The highest BCUT2D eigenvalue weighted by molar-refractivity contribution is 5.87. The number of alkyl halides is 3. The van der Waals surface area contributed by atoms with Gasteiger partial charge in [-0.15, -0.1) is 0 Å². The molecule has 76 valence electrons. The van der Waals surface area contributed by atoms with Crippen LogP contribution < -0.4 is 10.8 Å². The van der Waals surface area contributed by atoms with Crippen molar-refractivity contribution in [3.8, 4) is 0 Å². The molecule has 1 aromatic rings. The zero-order valence-corrected chi connectivity index (χ0v) is 6.76. The Morgan fingerprint density at radius 1 is 1.29 bits per heavy atom. The van der Waals surface area contributed by atoms with Crippen molar-refractivity contribution in [3.63, 3.8) is 0 Å². The fourth-order valence-electron chi connectivity index (χ4n) is 0.933. The molecule has 6 heteroatoms. The van der Waals surface area contributed by atoms with Gasteiger partial charge in [-0.1, -0.05) is 0 Å². The number of hydrogen-bond donors (Lipinski definition) is 1. The van der Waals surface area contributed by atoms with E-state index in [-0.39, 0.29) is 5.69 Å². The van der Waals surface area contributed by atoms with Crippen LogP contribution in [0.5, 0.6) is 0 Å². The maximum Gasteiger partial charge on any atom is 0.416 e. The zero-order valence-electron chi connectivity index (χ0n) is 6.76. The van der Waals surface area contributed by atoms with Gasteiger partial charge in [0.1, 0.15) is 0 Å². The minimum absolute atomic E-state index is 0.265. The van der Waals surface area contributed by atoms with E-state index in [2.05, 4.69) is 0 Å². The molecule has 1 rings (SSSR count). The van der Waals surface area contributed by atoms with E-state index in [1.165, 1.54) is 0 Å². The Balaban J connectivity index is 3.28. The number of nitrogens with two attached hydrogens (primary N) is 1. The second-order valence-corrected chi connectivity index (χ2v) is 2.63. The summed E-state index contributed by atoms with van der Waals surface area (Å²) in [5, 5.41) is 10.3. The molecule has 3 nitrogen and oxygen atoms in total. The highest BCUT2D eigenvalue weighted by atomic mass is 19.4. The van der Waals surface area contributed by atoms with Crippen molar-refractivity contribution in [3.05, 3.63) is 29.3 Å². The highest BCUT2D eigenvalue weighted by Gasteiger charge is 2.31. The van der Waals surface area contributed by atoms with Crippen LogP contribution in [0.25, 0.3) is 0 Å². The molecule has 0 amide bonds. The topological polar surface area (TPSA) is 66.2 Å². The molecule has 0 atom stereocenters. The lowest BCUT2D eigenvalue weighted by molar-refractivity contribution is -0.255. The van der Waals surface area contributed by atoms with Crippen molar-refractivity contribution in [2.45, 2.75) is 6.18 Å². The van der Waals surface area contributed by atoms with Gasteiger partial charge >= 0.3 is 6.18 Å². The molecule has 0 fully saturated rings. The number of rotatable bonds is 1. The predicted molar refractivity (Wildman–Crippen MR) is 40.2 cm³/mol. The highest BCUT2D eigenvalue weighted by Crippen LogP contribution is 2.31. The largest absolute Gasteiger partial charge is 0.545 e. The summed E-state index contributed by atoms with van der Waals surface area (Å²) >= 11 is 0. The van der Waals surface area contributed by atoms with Gasteiger partial charge in [0.15, 0.2) is 0 Å². The van der Waals surface area contributed by atoms with Gasteiger partial charge < -0.3 is 15.6 Å². The average molecular weight is 204 g/mol. The van der Waals surface area contributed by atoms with E-state index < -0.39 is 23.3 Å². The van der Waals surface area contributed by atoms with Crippen LogP contribution in [-0.2, 0) is 6.18 Å². The second kappa shape index (κ2) is 3.21. The standard InChI is InChI=1S/C8H6F3NO2/c9-8(10,11)5-1-4(7(13)14)2-6(12)3-5/h1-3H,12H2,(H,13,14)/p-1. The monoisotopic (exact) mass is 204 g/mol. The lowest BCUT2D eigenvalue weighted by Gasteiger charge is -2.10. The first-order valence-corrected chi connectivity index (χ1v) is 3.50. The number of hydrogen-bond acceptors (Lipinski definition) is 3. The first-order valence-electron chi connectivity index (χ1n) is 3.50. The Labute approximate surface area is 77.0 Å². The minimum atomic E-state index is -4.61. The quantitative estimate of drug-likeness (QED) is 0.683. The molecule has 0 spiro atoms. The van der Waals surface area contributed by atoms with Gasteiger partial charge in [0.25, 0.3) is 0 Å². The lowest BCUT2D eigenvalue weighted by Crippen LogP contribution is -2.23. The summed E-state index contributed by atoms with van der Waals surface area (Å²) in [5.74, 6) is -1.69. The normalized spacial score (nSPS) is 11.4. The fraction of sp³-hybridized carbons (Fsp3) is 0.125. The Bertz CT molecular complexity index is 373. The Hall–Kier alpha value is -1.72. The number of benzene rings is 1. The van der Waals surface area contributed by atoms with Gasteiger partial charge in [-0.25, -0.2) is 0 Å². The number of carboxylic acids is 1. The maximum atomic E-state index is 12.1. The molecule has 0 aliphatic rings. The molecule has 0 saturated carbocycles. The van der Waals surface area contributed by atoms with Crippen LogP contribution in [0.4, 0.5) is 18.9 Å².